The number of carbonyl (C=O) groups excluding carboxylic acids is 2. The minimum Gasteiger partial charge on any atom is -0.489 e. The third-order valence-electron chi connectivity index (χ3n) is 5.90. The van der Waals surface area contributed by atoms with Gasteiger partial charge in [-0.1, -0.05) is 11.6 Å². The number of benzene rings is 1. The summed E-state index contributed by atoms with van der Waals surface area (Å²) in [6.07, 6.45) is -10.9. The highest BCUT2D eigenvalue weighted by Gasteiger charge is 2.39. The Hall–Kier alpha value is -5.38. The van der Waals surface area contributed by atoms with E-state index in [4.69, 9.17) is 40.9 Å². The summed E-state index contributed by atoms with van der Waals surface area (Å²) in [5, 5.41) is 23.1. The number of aliphatic carboxylic acids is 2. The molecule has 23 heteroatoms. The average Bonchev–Trinajstić information content (AvgIpc) is 3.05. The van der Waals surface area contributed by atoms with Crippen LogP contribution in [-0.2, 0) is 9.59 Å². The van der Waals surface area contributed by atoms with E-state index in [0.717, 1.165) is 0 Å². The molecule has 52 heavy (non-hydrogen) atoms. The van der Waals surface area contributed by atoms with E-state index in [1.807, 2.05) is 0 Å². The molecule has 13 nitrogen and oxygen atoms in total. The van der Waals surface area contributed by atoms with Crippen LogP contribution in [0.15, 0.2) is 54.9 Å². The van der Waals surface area contributed by atoms with Crippen molar-refractivity contribution in [2.24, 2.45) is 0 Å². The number of aromatic nitrogens is 2. The third kappa shape index (κ3) is 15.2. The second kappa shape index (κ2) is 18.7. The van der Waals surface area contributed by atoms with Gasteiger partial charge in [-0.3, -0.25) is 9.59 Å². The largest absolute Gasteiger partial charge is 0.490 e. The molecule has 0 radical (unpaired) electrons. The summed E-state index contributed by atoms with van der Waals surface area (Å²) in [6, 6.07) is 9.90. The van der Waals surface area contributed by atoms with Crippen molar-refractivity contribution in [2.45, 2.75) is 37.5 Å². The van der Waals surface area contributed by atoms with Crippen molar-refractivity contribution in [3.8, 4) is 11.5 Å². The number of nitrogens with zero attached hydrogens (tertiary/aromatic N) is 2. The van der Waals surface area contributed by atoms with Gasteiger partial charge in [0.05, 0.1) is 16.3 Å². The van der Waals surface area contributed by atoms with Crippen LogP contribution in [0.3, 0.4) is 0 Å². The maximum absolute atomic E-state index is 13.3. The van der Waals surface area contributed by atoms with E-state index in [1.54, 1.807) is 6.07 Å². The molecule has 5 N–H and O–H groups in total. The predicted octanol–water partition coefficient (Wildman–Crippen LogP) is 5.97. The Kier molecular flexibility index (Phi) is 15.4. The second-order valence-electron chi connectivity index (χ2n) is 9.90. The molecule has 0 spiro atoms. The normalized spacial score (nSPS) is 13.3. The Morgan fingerprint density at radius 1 is 0.846 bits per heavy atom. The smallest absolute Gasteiger partial charge is 0.489 e. The van der Waals surface area contributed by atoms with Crippen LogP contribution in [0.1, 0.15) is 33.7 Å². The van der Waals surface area contributed by atoms with Gasteiger partial charge in [-0.05, 0) is 62.3 Å². The van der Waals surface area contributed by atoms with Gasteiger partial charge in [0.25, 0.3) is 11.8 Å². The zero-order valence-corrected chi connectivity index (χ0v) is 26.6. The van der Waals surface area contributed by atoms with Crippen LogP contribution < -0.4 is 25.4 Å². The van der Waals surface area contributed by atoms with E-state index in [2.05, 4.69) is 25.9 Å². The Balaban J connectivity index is 0.000000564. The molecule has 0 bridgehead atoms. The molecule has 1 aliphatic heterocycles. The Morgan fingerprint density at radius 3 is 1.96 bits per heavy atom. The number of ether oxygens (including phenoxy) is 2. The van der Waals surface area contributed by atoms with Gasteiger partial charge >= 0.3 is 30.5 Å². The molecule has 2 aromatic heterocycles. The van der Waals surface area contributed by atoms with Gasteiger partial charge in [-0.2, -0.15) is 39.5 Å². The van der Waals surface area contributed by atoms with E-state index in [1.165, 1.54) is 48.8 Å². The summed E-state index contributed by atoms with van der Waals surface area (Å²) in [5.41, 5.74) is 0.0789. The summed E-state index contributed by atoms with van der Waals surface area (Å²) in [7, 11) is 0. The van der Waals surface area contributed by atoms with E-state index in [9.17, 15) is 49.1 Å². The fraction of sp³-hybridized carbons (Fsp3) is 0.310. The second-order valence-corrected chi connectivity index (χ2v) is 10.3. The molecule has 3 aromatic rings. The van der Waals surface area contributed by atoms with Gasteiger partial charge in [0, 0.05) is 18.5 Å². The zero-order valence-electron chi connectivity index (χ0n) is 25.8. The van der Waals surface area contributed by atoms with Crippen LogP contribution in [-0.4, -0.2) is 88.3 Å². The van der Waals surface area contributed by atoms with Gasteiger partial charge < -0.3 is 35.6 Å². The number of carboxylic acids is 2. The van der Waals surface area contributed by atoms with Gasteiger partial charge in [0.2, 0.25) is 0 Å². The molecule has 0 saturated carbocycles. The standard InChI is InChI=1S/C25H23ClF3N5O4.2C2HF3O2/c26-15-3-6-21(32-13-15)34-24(36)22-19(2-1-9-31-22)33-23(35)18-5-4-17(37-14-25(27,28)29)12-20(18)38-16-7-10-30-11-8-16;2*3-2(4,5)1(6)7/h1-6,9,12-13,16,30H,7-8,10-11,14H2,(H,33,35)(H,32,34,36);2*(H,6,7). The van der Waals surface area contributed by atoms with Crippen LogP contribution in [0.5, 0.6) is 11.5 Å². The Morgan fingerprint density at radius 2 is 1.44 bits per heavy atom. The SMILES string of the molecule is O=C(Nc1cccnc1C(=O)Nc1ccc(Cl)cn1)c1ccc(OCC(F)(F)F)cc1OC1CCNCC1.O=C(O)C(F)(F)F.O=C(O)C(F)(F)F. The molecule has 1 aliphatic rings. The van der Waals surface area contributed by atoms with Crippen molar-refractivity contribution in [1.29, 1.82) is 0 Å². The van der Waals surface area contributed by atoms with Gasteiger partial charge in [0.15, 0.2) is 12.3 Å². The molecule has 0 atom stereocenters. The number of rotatable bonds is 8. The molecule has 3 heterocycles. The number of carboxylic acid groups (broad SMARTS) is 2. The van der Waals surface area contributed by atoms with E-state index < -0.39 is 48.9 Å². The first-order valence-electron chi connectivity index (χ1n) is 14.1. The molecular formula is C29H25ClF9N5O8. The first-order valence-corrected chi connectivity index (χ1v) is 14.4. The van der Waals surface area contributed by atoms with Crippen LogP contribution in [0.25, 0.3) is 0 Å². The first kappa shape index (κ1) is 42.8. The summed E-state index contributed by atoms with van der Waals surface area (Å²) < 4.78 is 112. The van der Waals surface area contributed by atoms with Crippen LogP contribution in [0, 0.1) is 0 Å². The molecule has 1 fully saturated rings. The number of alkyl halides is 9. The van der Waals surface area contributed by atoms with Crippen molar-refractivity contribution in [3.05, 3.63) is 71.1 Å². The van der Waals surface area contributed by atoms with Crippen molar-refractivity contribution in [2.75, 3.05) is 30.3 Å². The fourth-order valence-corrected chi connectivity index (χ4v) is 3.75. The lowest BCUT2D eigenvalue weighted by Crippen LogP contribution is -2.34. The maximum Gasteiger partial charge on any atom is 0.490 e. The molecule has 4 rings (SSSR count). The highest BCUT2D eigenvalue weighted by Crippen LogP contribution is 2.30. The van der Waals surface area contributed by atoms with Crippen LogP contribution >= 0.6 is 11.6 Å². The predicted molar refractivity (Wildman–Crippen MR) is 161 cm³/mol. The number of hydrogen-bond donors (Lipinski definition) is 5. The number of halogens is 10. The molecular weight excluding hydrogens is 753 g/mol. The lowest BCUT2D eigenvalue weighted by Gasteiger charge is -2.25. The number of carbonyl (C=O) groups is 4. The lowest BCUT2D eigenvalue weighted by molar-refractivity contribution is -0.193. The molecule has 0 aliphatic carbocycles. The minimum absolute atomic E-state index is 0.0532. The molecule has 1 aromatic carbocycles. The van der Waals surface area contributed by atoms with Gasteiger partial charge in [-0.15, -0.1) is 0 Å². The van der Waals surface area contributed by atoms with Crippen LogP contribution in [0.2, 0.25) is 5.02 Å². The minimum atomic E-state index is -5.08. The monoisotopic (exact) mass is 777 g/mol. The number of amides is 2. The number of pyridine rings is 2. The molecule has 0 unspecified atom stereocenters. The number of nitrogens with one attached hydrogen (secondary N) is 3. The summed E-state index contributed by atoms with van der Waals surface area (Å²) in [4.78, 5) is 52.0. The Bertz CT molecular complexity index is 1660. The maximum atomic E-state index is 13.3. The number of hydrogen-bond acceptors (Lipinski definition) is 9. The molecule has 284 valence electrons. The lowest BCUT2D eigenvalue weighted by atomic mass is 10.1. The highest BCUT2D eigenvalue weighted by molar-refractivity contribution is 6.30. The average molecular weight is 778 g/mol. The van der Waals surface area contributed by atoms with Crippen molar-refractivity contribution in [3.63, 3.8) is 0 Å². The highest BCUT2D eigenvalue weighted by atomic mass is 35.5. The van der Waals surface area contributed by atoms with E-state index in [0.29, 0.717) is 31.0 Å². The van der Waals surface area contributed by atoms with Crippen molar-refractivity contribution in [1.82, 2.24) is 15.3 Å². The third-order valence-corrected chi connectivity index (χ3v) is 6.13. The first-order chi connectivity index (χ1) is 24.1. The summed E-state index contributed by atoms with van der Waals surface area (Å²) >= 11 is 5.82. The van der Waals surface area contributed by atoms with Crippen molar-refractivity contribution < 1.29 is 78.4 Å². The van der Waals surface area contributed by atoms with Crippen molar-refractivity contribution >= 4 is 46.9 Å². The Labute approximate surface area is 291 Å². The molecule has 1 saturated heterocycles. The topological polar surface area (TPSA) is 189 Å². The van der Waals surface area contributed by atoms with Gasteiger partial charge in [0.1, 0.15) is 23.4 Å². The summed E-state index contributed by atoms with van der Waals surface area (Å²) in [6.45, 7) is -0.0812. The van der Waals surface area contributed by atoms with E-state index >= 15 is 0 Å². The van der Waals surface area contributed by atoms with E-state index in [-0.39, 0.29) is 40.4 Å². The summed E-state index contributed by atoms with van der Waals surface area (Å²) in [5.74, 6) is -6.59. The zero-order chi connectivity index (χ0) is 39.3. The number of piperidine rings is 1. The van der Waals surface area contributed by atoms with Crippen LogP contribution in [0.4, 0.5) is 51.0 Å². The number of anilines is 2. The quantitative estimate of drug-likeness (QED) is 0.170. The fourth-order valence-electron chi connectivity index (χ4n) is 3.64. The molecule has 2 amide bonds. The van der Waals surface area contributed by atoms with Gasteiger partial charge in [-0.25, -0.2) is 19.6 Å².